The van der Waals surface area contributed by atoms with Crippen LogP contribution in [0.5, 0.6) is 5.75 Å². The zero-order valence-electron chi connectivity index (χ0n) is 15.0. The number of methoxy groups -OCH3 is 1. The standard InChI is InChI=1S/C20H19N3O4/c1-13-11-15(23-27-13)12-21-20(25)17-5-3-4-6-18(17)22-19(24)14-7-9-16(26-2)10-8-14/h3-11H,12H2,1-2H3,(H,21,25)(H,22,24). The van der Waals surface area contributed by atoms with Crippen LogP contribution in [0.15, 0.2) is 59.1 Å². The predicted molar refractivity (Wildman–Crippen MR) is 99.8 cm³/mol. The Kier molecular flexibility index (Phi) is 5.51. The van der Waals surface area contributed by atoms with Gasteiger partial charge in [0.15, 0.2) is 0 Å². The number of rotatable bonds is 6. The summed E-state index contributed by atoms with van der Waals surface area (Å²) in [6, 6.07) is 15.3. The van der Waals surface area contributed by atoms with Gasteiger partial charge >= 0.3 is 0 Å². The van der Waals surface area contributed by atoms with Crippen molar-refractivity contribution in [3.05, 3.63) is 77.2 Å². The number of carbonyl (C=O) groups excluding carboxylic acids is 2. The summed E-state index contributed by atoms with van der Waals surface area (Å²) in [6.45, 7) is 2.01. The van der Waals surface area contributed by atoms with E-state index in [1.807, 2.05) is 0 Å². The molecule has 0 fully saturated rings. The van der Waals surface area contributed by atoms with Crippen molar-refractivity contribution >= 4 is 17.5 Å². The molecular formula is C20H19N3O4. The van der Waals surface area contributed by atoms with Crippen LogP contribution in [-0.2, 0) is 6.54 Å². The highest BCUT2D eigenvalue weighted by Crippen LogP contribution is 2.18. The molecule has 0 bridgehead atoms. The number of aromatic nitrogens is 1. The number of para-hydroxylation sites is 1. The van der Waals surface area contributed by atoms with Gasteiger partial charge in [-0.05, 0) is 43.3 Å². The number of amides is 2. The van der Waals surface area contributed by atoms with Gasteiger partial charge in [0, 0.05) is 11.6 Å². The van der Waals surface area contributed by atoms with Crippen molar-refractivity contribution in [1.82, 2.24) is 10.5 Å². The minimum atomic E-state index is -0.318. The summed E-state index contributed by atoms with van der Waals surface area (Å²) in [6.07, 6.45) is 0. The summed E-state index contributed by atoms with van der Waals surface area (Å²) in [5.41, 5.74) is 1.87. The van der Waals surface area contributed by atoms with E-state index in [1.54, 1.807) is 68.6 Å². The number of nitrogens with zero attached hydrogens (tertiary/aromatic N) is 1. The van der Waals surface area contributed by atoms with E-state index in [0.29, 0.717) is 34.0 Å². The molecule has 1 aromatic heterocycles. The molecule has 0 aliphatic rings. The van der Waals surface area contributed by atoms with Gasteiger partial charge in [-0.15, -0.1) is 0 Å². The van der Waals surface area contributed by atoms with E-state index in [0.717, 1.165) is 0 Å². The Labute approximate surface area is 156 Å². The van der Waals surface area contributed by atoms with Crippen molar-refractivity contribution < 1.29 is 18.8 Å². The van der Waals surface area contributed by atoms with Crippen LogP contribution in [0.25, 0.3) is 0 Å². The molecule has 138 valence electrons. The van der Waals surface area contributed by atoms with Crippen LogP contribution in [-0.4, -0.2) is 24.1 Å². The molecule has 7 heteroatoms. The molecule has 0 atom stereocenters. The van der Waals surface area contributed by atoms with Crippen molar-refractivity contribution in [2.45, 2.75) is 13.5 Å². The predicted octanol–water partition coefficient (Wildman–Crippen LogP) is 3.17. The molecule has 3 aromatic rings. The second-order valence-electron chi connectivity index (χ2n) is 5.84. The van der Waals surface area contributed by atoms with Crippen molar-refractivity contribution in [2.75, 3.05) is 12.4 Å². The lowest BCUT2D eigenvalue weighted by Gasteiger charge is -2.11. The van der Waals surface area contributed by atoms with Gasteiger partial charge in [0.25, 0.3) is 11.8 Å². The van der Waals surface area contributed by atoms with E-state index in [-0.39, 0.29) is 18.4 Å². The number of anilines is 1. The highest BCUT2D eigenvalue weighted by molar-refractivity contribution is 6.09. The van der Waals surface area contributed by atoms with E-state index in [2.05, 4.69) is 15.8 Å². The maximum absolute atomic E-state index is 12.5. The molecular weight excluding hydrogens is 346 g/mol. The van der Waals surface area contributed by atoms with E-state index in [4.69, 9.17) is 9.26 Å². The fourth-order valence-corrected chi connectivity index (χ4v) is 2.49. The van der Waals surface area contributed by atoms with Gasteiger partial charge in [0.05, 0.1) is 24.9 Å². The van der Waals surface area contributed by atoms with Gasteiger partial charge in [-0.25, -0.2) is 0 Å². The van der Waals surface area contributed by atoms with E-state index in [9.17, 15) is 9.59 Å². The van der Waals surface area contributed by atoms with E-state index >= 15 is 0 Å². The van der Waals surface area contributed by atoms with Crippen molar-refractivity contribution in [3.63, 3.8) is 0 Å². The van der Waals surface area contributed by atoms with E-state index < -0.39 is 0 Å². The number of benzene rings is 2. The Hall–Kier alpha value is -3.61. The molecule has 1 heterocycles. The smallest absolute Gasteiger partial charge is 0.255 e. The molecule has 2 aromatic carbocycles. The summed E-state index contributed by atoms with van der Waals surface area (Å²) in [5.74, 6) is 0.701. The molecule has 2 N–H and O–H groups in total. The minimum absolute atomic E-state index is 0.233. The summed E-state index contributed by atoms with van der Waals surface area (Å²) >= 11 is 0. The molecule has 7 nitrogen and oxygen atoms in total. The van der Waals surface area contributed by atoms with Crippen LogP contribution in [0, 0.1) is 6.92 Å². The number of carbonyl (C=O) groups is 2. The fourth-order valence-electron chi connectivity index (χ4n) is 2.49. The third kappa shape index (κ3) is 4.52. The Morgan fingerprint density at radius 1 is 1.07 bits per heavy atom. The lowest BCUT2D eigenvalue weighted by atomic mass is 10.1. The largest absolute Gasteiger partial charge is 0.497 e. The molecule has 0 aliphatic heterocycles. The first-order valence-electron chi connectivity index (χ1n) is 8.31. The molecule has 3 rings (SSSR count). The molecule has 27 heavy (non-hydrogen) atoms. The molecule has 0 spiro atoms. The molecule has 0 saturated carbocycles. The quantitative estimate of drug-likeness (QED) is 0.700. The number of ether oxygens (including phenoxy) is 1. The highest BCUT2D eigenvalue weighted by atomic mass is 16.5. The van der Waals surface area contributed by atoms with Gasteiger partial charge in [-0.3, -0.25) is 9.59 Å². The average Bonchev–Trinajstić information content (AvgIpc) is 3.12. The topological polar surface area (TPSA) is 93.5 Å². The molecule has 0 aliphatic carbocycles. The van der Waals surface area contributed by atoms with Gasteiger partial charge < -0.3 is 19.9 Å². The van der Waals surface area contributed by atoms with Crippen LogP contribution in [0.2, 0.25) is 0 Å². The maximum atomic E-state index is 12.5. The number of hydrogen-bond acceptors (Lipinski definition) is 5. The van der Waals surface area contributed by atoms with Crippen molar-refractivity contribution in [1.29, 1.82) is 0 Å². The first kappa shape index (κ1) is 18.2. The summed E-state index contributed by atoms with van der Waals surface area (Å²) in [4.78, 5) is 25.0. The van der Waals surface area contributed by atoms with Gasteiger partial charge in [-0.2, -0.15) is 0 Å². The van der Waals surface area contributed by atoms with E-state index in [1.165, 1.54) is 0 Å². The Bertz CT molecular complexity index is 948. The summed E-state index contributed by atoms with van der Waals surface area (Å²) in [7, 11) is 1.56. The third-order valence-corrected chi connectivity index (χ3v) is 3.88. The van der Waals surface area contributed by atoms with Crippen LogP contribution in [0.1, 0.15) is 32.2 Å². The normalized spacial score (nSPS) is 10.3. The first-order chi connectivity index (χ1) is 13.1. The minimum Gasteiger partial charge on any atom is -0.497 e. The van der Waals surface area contributed by atoms with Gasteiger partial charge in [-0.1, -0.05) is 17.3 Å². The number of hydrogen-bond donors (Lipinski definition) is 2. The summed E-state index contributed by atoms with van der Waals surface area (Å²) < 4.78 is 10.1. The third-order valence-electron chi connectivity index (χ3n) is 3.88. The second kappa shape index (κ2) is 8.18. The van der Waals surface area contributed by atoms with Crippen molar-refractivity contribution in [2.24, 2.45) is 0 Å². The Balaban J connectivity index is 1.70. The molecule has 0 unspecified atom stereocenters. The molecule has 2 amide bonds. The van der Waals surface area contributed by atoms with Crippen LogP contribution < -0.4 is 15.4 Å². The summed E-state index contributed by atoms with van der Waals surface area (Å²) in [5, 5.41) is 9.38. The van der Waals surface area contributed by atoms with Crippen LogP contribution >= 0.6 is 0 Å². The van der Waals surface area contributed by atoms with Gasteiger partial charge in [0.1, 0.15) is 17.2 Å². The first-order valence-corrected chi connectivity index (χ1v) is 8.31. The van der Waals surface area contributed by atoms with Crippen LogP contribution in [0.3, 0.4) is 0 Å². The highest BCUT2D eigenvalue weighted by Gasteiger charge is 2.14. The second-order valence-corrected chi connectivity index (χ2v) is 5.84. The molecule has 0 radical (unpaired) electrons. The fraction of sp³-hybridized carbons (Fsp3) is 0.150. The number of nitrogens with one attached hydrogen (secondary N) is 2. The van der Waals surface area contributed by atoms with Crippen LogP contribution in [0.4, 0.5) is 5.69 Å². The average molecular weight is 365 g/mol. The molecule has 0 saturated heterocycles. The zero-order chi connectivity index (χ0) is 19.2. The number of aryl methyl sites for hydroxylation is 1. The Morgan fingerprint density at radius 2 is 1.81 bits per heavy atom. The SMILES string of the molecule is COc1ccc(C(=O)Nc2ccccc2C(=O)NCc2cc(C)on2)cc1. The lowest BCUT2D eigenvalue weighted by molar-refractivity contribution is 0.0951. The zero-order valence-corrected chi connectivity index (χ0v) is 15.0. The maximum Gasteiger partial charge on any atom is 0.255 e. The lowest BCUT2D eigenvalue weighted by Crippen LogP contribution is -2.25. The Morgan fingerprint density at radius 3 is 2.48 bits per heavy atom. The van der Waals surface area contributed by atoms with Gasteiger partial charge in [0.2, 0.25) is 0 Å². The monoisotopic (exact) mass is 365 g/mol. The van der Waals surface area contributed by atoms with Crippen molar-refractivity contribution in [3.8, 4) is 5.75 Å².